The van der Waals surface area contributed by atoms with Crippen LogP contribution in [0.25, 0.3) is 21.9 Å². The summed E-state index contributed by atoms with van der Waals surface area (Å²) in [5.74, 6) is 1.13. The largest absolute Gasteiger partial charge is 0.382 e. The smallest absolute Gasteiger partial charge is 0.222 e. The second kappa shape index (κ2) is 9.93. The first-order chi connectivity index (χ1) is 15.9. The lowest BCUT2D eigenvalue weighted by Gasteiger charge is -2.27. The highest BCUT2D eigenvalue weighted by molar-refractivity contribution is 6.31. The van der Waals surface area contributed by atoms with E-state index in [4.69, 9.17) is 27.1 Å². The standard InChI is InChI=1S/C23H29ClN6O3/c1-3-28(15(2)31)14-19-27-21-22(17-7-6-16(24)13-18(17)26-23(21)25)30(19)8-4-5-20(32)29-9-11-33-12-10-29/h6-7,13H,3-5,8-12,14H2,1-2H3,(H2,25,26). The van der Waals surface area contributed by atoms with Crippen molar-refractivity contribution in [2.75, 3.05) is 38.6 Å². The molecule has 1 aliphatic heterocycles. The van der Waals surface area contributed by atoms with Gasteiger partial charge in [-0.25, -0.2) is 9.97 Å². The van der Waals surface area contributed by atoms with E-state index in [2.05, 4.69) is 9.55 Å². The highest BCUT2D eigenvalue weighted by atomic mass is 35.5. The van der Waals surface area contributed by atoms with Gasteiger partial charge in [-0.05, 0) is 31.5 Å². The molecule has 1 aromatic carbocycles. The normalized spacial score (nSPS) is 14.2. The number of aryl methyl sites for hydroxylation is 1. The molecule has 1 aliphatic rings. The minimum Gasteiger partial charge on any atom is -0.382 e. The van der Waals surface area contributed by atoms with E-state index in [1.165, 1.54) is 0 Å². The van der Waals surface area contributed by atoms with E-state index >= 15 is 0 Å². The maximum absolute atomic E-state index is 12.6. The van der Waals surface area contributed by atoms with E-state index < -0.39 is 0 Å². The molecule has 10 heteroatoms. The molecule has 0 saturated carbocycles. The highest BCUT2D eigenvalue weighted by Crippen LogP contribution is 2.31. The Morgan fingerprint density at radius 3 is 2.70 bits per heavy atom. The Labute approximate surface area is 197 Å². The third-order valence-corrected chi connectivity index (χ3v) is 6.28. The summed E-state index contributed by atoms with van der Waals surface area (Å²) in [5, 5.41) is 1.46. The van der Waals surface area contributed by atoms with E-state index in [9.17, 15) is 9.59 Å². The Bertz CT molecular complexity index is 1190. The summed E-state index contributed by atoms with van der Waals surface area (Å²) in [6.07, 6.45) is 1.06. The van der Waals surface area contributed by atoms with Crippen molar-refractivity contribution in [1.29, 1.82) is 0 Å². The van der Waals surface area contributed by atoms with Crippen molar-refractivity contribution in [3.05, 3.63) is 29.0 Å². The minimum absolute atomic E-state index is 0.0265. The van der Waals surface area contributed by atoms with Gasteiger partial charge in [-0.3, -0.25) is 9.59 Å². The summed E-state index contributed by atoms with van der Waals surface area (Å²) in [6, 6.07) is 5.50. The number of rotatable bonds is 7. The molecule has 1 fully saturated rings. The summed E-state index contributed by atoms with van der Waals surface area (Å²) in [6.45, 7) is 7.41. The molecule has 0 spiro atoms. The minimum atomic E-state index is -0.0265. The molecule has 33 heavy (non-hydrogen) atoms. The van der Waals surface area contributed by atoms with Crippen LogP contribution in [0.2, 0.25) is 5.02 Å². The number of fused-ring (bicyclic) bond motifs is 3. The first-order valence-corrected chi connectivity index (χ1v) is 11.6. The van der Waals surface area contributed by atoms with Gasteiger partial charge in [0.2, 0.25) is 11.8 Å². The second-order valence-electron chi connectivity index (χ2n) is 8.17. The average Bonchev–Trinajstić information content (AvgIpc) is 3.16. The third kappa shape index (κ3) is 4.89. The summed E-state index contributed by atoms with van der Waals surface area (Å²) >= 11 is 6.18. The Morgan fingerprint density at radius 1 is 1.24 bits per heavy atom. The van der Waals surface area contributed by atoms with Crippen molar-refractivity contribution in [3.63, 3.8) is 0 Å². The van der Waals surface area contributed by atoms with Crippen molar-refractivity contribution in [2.45, 2.75) is 39.8 Å². The number of nitrogens with two attached hydrogens (primary N) is 1. The molecule has 176 valence electrons. The Kier molecular flexibility index (Phi) is 6.99. The molecule has 3 aromatic rings. The monoisotopic (exact) mass is 472 g/mol. The molecule has 1 saturated heterocycles. The maximum atomic E-state index is 12.6. The lowest BCUT2D eigenvalue weighted by Crippen LogP contribution is -2.40. The lowest BCUT2D eigenvalue weighted by atomic mass is 10.1. The van der Waals surface area contributed by atoms with Gasteiger partial charge in [-0.15, -0.1) is 0 Å². The Hall–Kier alpha value is -2.91. The zero-order chi connectivity index (χ0) is 23.5. The molecule has 3 heterocycles. The number of carbonyl (C=O) groups excluding carboxylic acids is 2. The van der Waals surface area contributed by atoms with Gasteiger partial charge in [-0.1, -0.05) is 11.6 Å². The topological polar surface area (TPSA) is 107 Å². The maximum Gasteiger partial charge on any atom is 0.222 e. The zero-order valence-electron chi connectivity index (χ0n) is 19.0. The average molecular weight is 473 g/mol. The summed E-state index contributed by atoms with van der Waals surface area (Å²) < 4.78 is 7.41. The van der Waals surface area contributed by atoms with Gasteiger partial charge in [0.05, 0.1) is 30.8 Å². The van der Waals surface area contributed by atoms with Crippen LogP contribution in [0.4, 0.5) is 5.82 Å². The molecule has 0 radical (unpaired) electrons. The number of morpholine rings is 1. The Balaban J connectivity index is 1.70. The number of nitrogens with zero attached hydrogens (tertiary/aromatic N) is 5. The quantitative estimate of drug-likeness (QED) is 0.566. The van der Waals surface area contributed by atoms with Crippen LogP contribution < -0.4 is 5.73 Å². The molecule has 0 atom stereocenters. The number of hydrogen-bond donors (Lipinski definition) is 1. The van der Waals surface area contributed by atoms with Crippen molar-refractivity contribution < 1.29 is 14.3 Å². The van der Waals surface area contributed by atoms with Gasteiger partial charge >= 0.3 is 0 Å². The van der Waals surface area contributed by atoms with Gasteiger partial charge in [0.25, 0.3) is 0 Å². The van der Waals surface area contributed by atoms with Crippen molar-refractivity contribution >= 4 is 51.2 Å². The third-order valence-electron chi connectivity index (χ3n) is 6.04. The first kappa shape index (κ1) is 23.3. The van der Waals surface area contributed by atoms with E-state index in [-0.39, 0.29) is 11.8 Å². The van der Waals surface area contributed by atoms with Crippen LogP contribution in [0.5, 0.6) is 0 Å². The number of amides is 2. The zero-order valence-corrected chi connectivity index (χ0v) is 19.8. The van der Waals surface area contributed by atoms with Gasteiger partial charge in [0.15, 0.2) is 5.82 Å². The highest BCUT2D eigenvalue weighted by Gasteiger charge is 2.21. The lowest BCUT2D eigenvalue weighted by molar-refractivity contribution is -0.135. The van der Waals surface area contributed by atoms with Crippen LogP contribution in [0, 0.1) is 0 Å². The van der Waals surface area contributed by atoms with Gasteiger partial charge in [0, 0.05) is 49.9 Å². The molecule has 9 nitrogen and oxygen atoms in total. The number of pyridine rings is 1. The Morgan fingerprint density at radius 2 is 2.00 bits per heavy atom. The van der Waals surface area contributed by atoms with Crippen LogP contribution >= 0.6 is 11.6 Å². The van der Waals surface area contributed by atoms with Crippen molar-refractivity contribution in [2.24, 2.45) is 0 Å². The van der Waals surface area contributed by atoms with E-state index in [1.54, 1.807) is 17.9 Å². The van der Waals surface area contributed by atoms with Gasteiger partial charge in [-0.2, -0.15) is 0 Å². The SMILES string of the molecule is CCN(Cc1nc2c(N)nc3cc(Cl)ccc3c2n1CCCC(=O)N1CCOCC1)C(C)=O. The summed E-state index contributed by atoms with van der Waals surface area (Å²) in [5.41, 5.74) is 8.40. The number of halogens is 1. The van der Waals surface area contributed by atoms with Crippen LogP contribution in [-0.2, 0) is 27.4 Å². The number of benzene rings is 1. The van der Waals surface area contributed by atoms with E-state index in [1.807, 2.05) is 24.0 Å². The van der Waals surface area contributed by atoms with Crippen LogP contribution in [-0.4, -0.2) is 69.0 Å². The van der Waals surface area contributed by atoms with Crippen molar-refractivity contribution in [3.8, 4) is 0 Å². The number of nitrogen functional groups attached to an aromatic ring is 1. The molecule has 4 rings (SSSR count). The van der Waals surface area contributed by atoms with Gasteiger partial charge in [0.1, 0.15) is 11.3 Å². The fourth-order valence-corrected chi connectivity index (χ4v) is 4.43. The molecular formula is C23H29ClN6O3. The molecule has 0 aliphatic carbocycles. The molecule has 2 aromatic heterocycles. The number of ether oxygens (including phenoxy) is 1. The van der Waals surface area contributed by atoms with Crippen LogP contribution in [0.1, 0.15) is 32.5 Å². The van der Waals surface area contributed by atoms with Crippen LogP contribution in [0.3, 0.4) is 0 Å². The fraction of sp³-hybridized carbons (Fsp3) is 0.478. The number of hydrogen-bond acceptors (Lipinski definition) is 6. The van der Waals surface area contributed by atoms with E-state index in [0.29, 0.717) is 80.7 Å². The number of imidazole rings is 1. The first-order valence-electron chi connectivity index (χ1n) is 11.2. The van der Waals surface area contributed by atoms with Gasteiger partial charge < -0.3 is 24.8 Å². The predicted molar refractivity (Wildman–Crippen MR) is 128 cm³/mol. The molecule has 0 unspecified atom stereocenters. The second-order valence-corrected chi connectivity index (χ2v) is 8.60. The van der Waals surface area contributed by atoms with Crippen LogP contribution in [0.15, 0.2) is 18.2 Å². The molecule has 2 amide bonds. The number of anilines is 1. The summed E-state index contributed by atoms with van der Waals surface area (Å²) in [4.78, 5) is 37.6. The fourth-order valence-electron chi connectivity index (χ4n) is 4.27. The molecular weight excluding hydrogens is 444 g/mol. The molecule has 0 bridgehead atoms. The number of carbonyl (C=O) groups is 2. The van der Waals surface area contributed by atoms with E-state index in [0.717, 1.165) is 16.7 Å². The van der Waals surface area contributed by atoms with Crippen molar-refractivity contribution in [1.82, 2.24) is 24.3 Å². The predicted octanol–water partition coefficient (Wildman–Crippen LogP) is 2.83. The number of aromatic nitrogens is 3. The summed E-state index contributed by atoms with van der Waals surface area (Å²) in [7, 11) is 0. The molecule has 2 N–H and O–H groups in total.